The number of hydrogen-bond donors (Lipinski definition) is 1. The fourth-order valence-electron chi connectivity index (χ4n) is 3.52. The van der Waals surface area contributed by atoms with Gasteiger partial charge in [-0.3, -0.25) is 19.8 Å². The number of carbonyl (C=O) groups excluding carboxylic acids is 2. The highest BCUT2D eigenvalue weighted by atomic mass is 127. The third-order valence-electron chi connectivity index (χ3n) is 5.21. The van der Waals surface area contributed by atoms with E-state index in [1.165, 1.54) is 6.08 Å². The topological polar surface area (TPSA) is 67.9 Å². The predicted octanol–water partition coefficient (Wildman–Crippen LogP) is 7.17. The van der Waals surface area contributed by atoms with E-state index >= 15 is 0 Å². The molecule has 1 saturated heterocycles. The van der Waals surface area contributed by atoms with E-state index in [0.717, 1.165) is 14.0 Å². The number of amides is 2. The predicted molar refractivity (Wildman–Crippen MR) is 161 cm³/mol. The molecule has 190 valence electrons. The van der Waals surface area contributed by atoms with Crippen LogP contribution in [-0.2, 0) is 16.2 Å². The van der Waals surface area contributed by atoms with Gasteiger partial charge >= 0.3 is 0 Å². The van der Waals surface area contributed by atoms with E-state index < -0.39 is 11.8 Å². The summed E-state index contributed by atoms with van der Waals surface area (Å²) in [7, 11) is 0. The van der Waals surface area contributed by atoms with Crippen LogP contribution in [0.25, 0.3) is 6.08 Å². The molecule has 1 heterocycles. The summed E-state index contributed by atoms with van der Waals surface area (Å²) >= 11 is 23.5. The van der Waals surface area contributed by atoms with E-state index in [9.17, 15) is 9.59 Å². The van der Waals surface area contributed by atoms with Crippen molar-refractivity contribution in [3.05, 3.63) is 89.4 Å². The van der Waals surface area contributed by atoms with Crippen molar-refractivity contribution in [1.82, 2.24) is 5.32 Å². The highest BCUT2D eigenvalue weighted by Gasteiger charge is 2.35. The molecule has 0 spiro atoms. The van der Waals surface area contributed by atoms with Crippen LogP contribution < -0.4 is 19.7 Å². The number of halogens is 4. The lowest BCUT2D eigenvalue weighted by molar-refractivity contribution is -0.122. The molecule has 0 aliphatic carbocycles. The third kappa shape index (κ3) is 6.28. The molecule has 6 nitrogen and oxygen atoms in total. The van der Waals surface area contributed by atoms with E-state index in [4.69, 9.17) is 44.9 Å². The highest BCUT2D eigenvalue weighted by molar-refractivity contribution is 14.1. The minimum absolute atomic E-state index is 0.0909. The molecule has 3 aromatic rings. The molecule has 0 aromatic heterocycles. The SMILES string of the molecule is CCOc1cc(/C=C2\C(=O)NC(=S)N(c3cccc(Cl)c3Cl)C2=O)cc(Br)c1OCc1ccc(I)cc1. The Balaban J connectivity index is 1.67. The average Bonchev–Trinajstić information content (AvgIpc) is 2.85. The van der Waals surface area contributed by atoms with Crippen LogP contribution in [0.15, 0.2) is 64.6 Å². The summed E-state index contributed by atoms with van der Waals surface area (Å²) in [6, 6.07) is 16.3. The number of nitrogens with zero attached hydrogens (tertiary/aromatic N) is 1. The van der Waals surface area contributed by atoms with Crippen LogP contribution in [0.4, 0.5) is 5.69 Å². The minimum atomic E-state index is -0.633. The largest absolute Gasteiger partial charge is 0.490 e. The van der Waals surface area contributed by atoms with E-state index in [2.05, 4.69) is 43.8 Å². The van der Waals surface area contributed by atoms with Gasteiger partial charge in [0.15, 0.2) is 16.6 Å². The molecule has 2 amide bonds. The zero-order valence-corrected chi connectivity index (χ0v) is 25.3. The van der Waals surface area contributed by atoms with Crippen LogP contribution >= 0.6 is 73.9 Å². The van der Waals surface area contributed by atoms with Gasteiger partial charge in [0, 0.05) is 3.57 Å². The highest BCUT2D eigenvalue weighted by Crippen LogP contribution is 2.39. The smallest absolute Gasteiger partial charge is 0.270 e. The van der Waals surface area contributed by atoms with Crippen molar-refractivity contribution in [2.75, 3.05) is 11.5 Å². The van der Waals surface area contributed by atoms with E-state index in [-0.39, 0.29) is 26.4 Å². The molecule has 1 aliphatic heterocycles. The molecular formula is C26H18BrCl2IN2O4S. The van der Waals surface area contributed by atoms with Gasteiger partial charge in [-0.25, -0.2) is 0 Å². The van der Waals surface area contributed by atoms with Crippen molar-refractivity contribution in [1.29, 1.82) is 0 Å². The first-order valence-corrected chi connectivity index (χ1v) is 13.9. The summed E-state index contributed by atoms with van der Waals surface area (Å²) in [5.74, 6) is -0.290. The van der Waals surface area contributed by atoms with Crippen LogP contribution in [0.5, 0.6) is 11.5 Å². The number of ether oxygens (including phenoxy) is 2. The first-order valence-electron chi connectivity index (χ1n) is 10.9. The van der Waals surface area contributed by atoms with Gasteiger partial charge in [-0.05, 0) is 111 Å². The first kappa shape index (κ1) is 27.8. The molecule has 0 bridgehead atoms. The number of nitrogens with one attached hydrogen (secondary N) is 1. The van der Waals surface area contributed by atoms with Gasteiger partial charge in [-0.15, -0.1) is 0 Å². The van der Waals surface area contributed by atoms with Crippen molar-refractivity contribution in [3.8, 4) is 11.5 Å². The summed E-state index contributed by atoms with van der Waals surface area (Å²) in [5, 5.41) is 2.85. The third-order valence-corrected chi connectivity index (χ3v) is 7.61. The second-order valence-corrected chi connectivity index (χ2v) is 11.0. The fourth-order valence-corrected chi connectivity index (χ4v) is 5.11. The number of anilines is 1. The molecule has 1 N–H and O–H groups in total. The minimum Gasteiger partial charge on any atom is -0.490 e. The zero-order valence-electron chi connectivity index (χ0n) is 19.2. The molecule has 37 heavy (non-hydrogen) atoms. The molecule has 0 saturated carbocycles. The van der Waals surface area contributed by atoms with Crippen LogP contribution in [0.3, 0.4) is 0 Å². The second-order valence-electron chi connectivity index (χ2n) is 7.71. The number of thiocarbonyl (C=S) groups is 1. The number of rotatable bonds is 7. The van der Waals surface area contributed by atoms with Crippen molar-refractivity contribution in [3.63, 3.8) is 0 Å². The zero-order chi connectivity index (χ0) is 26.7. The van der Waals surface area contributed by atoms with Crippen LogP contribution in [0.1, 0.15) is 18.1 Å². The summed E-state index contributed by atoms with van der Waals surface area (Å²) in [5.41, 5.74) is 1.68. The quantitative estimate of drug-likeness (QED) is 0.121. The normalized spacial score (nSPS) is 14.7. The van der Waals surface area contributed by atoms with Gasteiger partial charge in [0.25, 0.3) is 11.8 Å². The van der Waals surface area contributed by atoms with Gasteiger partial charge in [0.1, 0.15) is 12.2 Å². The lowest BCUT2D eigenvalue weighted by Gasteiger charge is -2.29. The average molecular weight is 732 g/mol. The van der Waals surface area contributed by atoms with E-state index in [0.29, 0.717) is 34.7 Å². The molecule has 4 rings (SSSR count). The van der Waals surface area contributed by atoms with Crippen molar-refractivity contribution >= 4 is 103 Å². The molecule has 0 radical (unpaired) electrons. The lowest BCUT2D eigenvalue weighted by Crippen LogP contribution is -2.54. The second kappa shape index (κ2) is 12.1. The van der Waals surface area contributed by atoms with Crippen LogP contribution in [0, 0.1) is 3.57 Å². The van der Waals surface area contributed by atoms with Gasteiger partial charge < -0.3 is 9.47 Å². The van der Waals surface area contributed by atoms with Crippen molar-refractivity contribution in [2.24, 2.45) is 0 Å². The Kier molecular flexibility index (Phi) is 9.12. The Morgan fingerprint density at radius 1 is 1.11 bits per heavy atom. The Bertz CT molecular complexity index is 1430. The van der Waals surface area contributed by atoms with Crippen LogP contribution in [-0.4, -0.2) is 23.5 Å². The van der Waals surface area contributed by atoms with Crippen molar-refractivity contribution in [2.45, 2.75) is 13.5 Å². The molecule has 0 atom stereocenters. The van der Waals surface area contributed by atoms with E-state index in [1.807, 2.05) is 31.2 Å². The summed E-state index contributed by atoms with van der Waals surface area (Å²) in [6.07, 6.45) is 1.46. The van der Waals surface area contributed by atoms with E-state index in [1.54, 1.807) is 30.3 Å². The van der Waals surface area contributed by atoms with Gasteiger partial charge in [-0.2, -0.15) is 0 Å². The number of benzene rings is 3. The van der Waals surface area contributed by atoms with Gasteiger partial charge in [-0.1, -0.05) is 41.4 Å². The summed E-state index contributed by atoms with van der Waals surface area (Å²) < 4.78 is 13.6. The number of carbonyl (C=O) groups is 2. The maximum Gasteiger partial charge on any atom is 0.270 e. The molecule has 1 aliphatic rings. The molecule has 0 unspecified atom stereocenters. The molecule has 3 aromatic carbocycles. The standard InChI is InChI=1S/C26H18BrCl2IN2O4S/c1-2-35-21-12-15(11-18(27)23(21)36-13-14-6-8-16(30)9-7-14)10-17-24(33)31-26(37)32(25(17)34)20-5-3-4-19(28)22(20)29/h3-12H,2,13H2,1H3,(H,31,33,37)/b17-10+. The Morgan fingerprint density at radius 2 is 1.84 bits per heavy atom. The fraction of sp³-hybridized carbons (Fsp3) is 0.115. The molecular weight excluding hydrogens is 714 g/mol. The Morgan fingerprint density at radius 3 is 2.54 bits per heavy atom. The molecule has 1 fully saturated rings. The molecule has 11 heteroatoms. The lowest BCUT2D eigenvalue weighted by atomic mass is 10.1. The summed E-state index contributed by atoms with van der Waals surface area (Å²) in [6.45, 7) is 2.58. The maximum atomic E-state index is 13.4. The maximum absolute atomic E-state index is 13.4. The first-order chi connectivity index (χ1) is 17.7. The van der Waals surface area contributed by atoms with Crippen LogP contribution in [0.2, 0.25) is 10.0 Å². The monoisotopic (exact) mass is 730 g/mol. The Labute approximate surface area is 251 Å². The Hall–Kier alpha value is -2.18. The van der Waals surface area contributed by atoms with Gasteiger partial charge in [0.2, 0.25) is 0 Å². The van der Waals surface area contributed by atoms with Crippen molar-refractivity contribution < 1.29 is 19.1 Å². The number of hydrogen-bond acceptors (Lipinski definition) is 5. The van der Waals surface area contributed by atoms with Gasteiger partial charge in [0.05, 0.1) is 26.8 Å². The summed E-state index contributed by atoms with van der Waals surface area (Å²) in [4.78, 5) is 27.3.